The van der Waals surface area contributed by atoms with Crippen molar-refractivity contribution in [3.05, 3.63) is 35.4 Å². The number of carbonyl (C=O) groups excluding carboxylic acids is 2. The van der Waals surface area contributed by atoms with Gasteiger partial charge in [-0.2, -0.15) is 5.10 Å². The van der Waals surface area contributed by atoms with Crippen LogP contribution in [-0.4, -0.2) is 39.8 Å². The van der Waals surface area contributed by atoms with E-state index in [2.05, 4.69) is 15.2 Å². The maximum atomic E-state index is 13.0. The van der Waals surface area contributed by atoms with Crippen molar-refractivity contribution < 1.29 is 18.7 Å². The average molecular weight is 398 g/mol. The Bertz CT molecular complexity index is 1060. The van der Waals surface area contributed by atoms with E-state index in [1.807, 2.05) is 33.8 Å². The van der Waals surface area contributed by atoms with Gasteiger partial charge in [-0.15, -0.1) is 0 Å². The molecule has 1 amide bonds. The zero-order chi connectivity index (χ0) is 21.3. The molecule has 3 rings (SSSR count). The van der Waals surface area contributed by atoms with E-state index < -0.39 is 0 Å². The number of ether oxygens (including phenoxy) is 1. The van der Waals surface area contributed by atoms with Crippen molar-refractivity contribution in [3.8, 4) is 11.3 Å². The first kappa shape index (κ1) is 20.6. The first-order chi connectivity index (χ1) is 13.7. The molecule has 0 radical (unpaired) electrons. The smallest absolute Gasteiger partial charge is 0.307 e. The number of nitrogens with one attached hydrogen (secondary N) is 1. The number of amides is 1. The number of fused-ring (bicyclic) bond motifs is 1. The largest absolute Gasteiger partial charge is 0.469 e. The Morgan fingerprint density at radius 2 is 1.97 bits per heavy atom. The number of aromatic nitrogens is 3. The molecule has 0 saturated heterocycles. The summed E-state index contributed by atoms with van der Waals surface area (Å²) >= 11 is 0. The summed E-state index contributed by atoms with van der Waals surface area (Å²) in [5.41, 5.74) is 2.55. The summed E-state index contributed by atoms with van der Waals surface area (Å²) in [7, 11) is 1.32. The average Bonchev–Trinajstić information content (AvgIpc) is 3.22. The Balaban J connectivity index is 2.09. The normalized spacial score (nSPS) is 12.4. The molecule has 1 atom stereocenters. The van der Waals surface area contributed by atoms with E-state index >= 15 is 0 Å². The number of hydrogen-bond acceptors (Lipinski definition) is 6. The van der Waals surface area contributed by atoms with Crippen molar-refractivity contribution in [1.82, 2.24) is 20.1 Å². The Morgan fingerprint density at radius 3 is 2.55 bits per heavy atom. The number of hydrogen-bond donors (Lipinski definition) is 1. The van der Waals surface area contributed by atoms with Crippen LogP contribution in [0.25, 0.3) is 22.3 Å². The summed E-state index contributed by atoms with van der Waals surface area (Å²) in [6, 6.07) is 3.35. The molecule has 0 aliphatic carbocycles. The van der Waals surface area contributed by atoms with Gasteiger partial charge in [-0.3, -0.25) is 9.59 Å². The molecule has 0 aromatic carbocycles. The minimum atomic E-state index is -0.379. The lowest BCUT2D eigenvalue weighted by Gasteiger charge is -2.14. The van der Waals surface area contributed by atoms with Crippen molar-refractivity contribution >= 4 is 22.9 Å². The molecule has 1 N–H and O–H groups in total. The molecule has 8 heteroatoms. The molecule has 29 heavy (non-hydrogen) atoms. The van der Waals surface area contributed by atoms with Gasteiger partial charge in [0.15, 0.2) is 5.65 Å². The number of aryl methyl sites for hydroxylation is 2. The van der Waals surface area contributed by atoms with Gasteiger partial charge in [0.2, 0.25) is 0 Å². The Kier molecular flexibility index (Phi) is 5.72. The Morgan fingerprint density at radius 1 is 1.24 bits per heavy atom. The van der Waals surface area contributed by atoms with Gasteiger partial charge >= 0.3 is 5.97 Å². The van der Waals surface area contributed by atoms with Crippen LogP contribution in [0.4, 0.5) is 0 Å². The molecule has 0 aliphatic heterocycles. The number of nitrogens with zero attached hydrogens (tertiary/aromatic N) is 3. The highest BCUT2D eigenvalue weighted by Gasteiger charge is 2.21. The summed E-state index contributed by atoms with van der Waals surface area (Å²) in [6.45, 7) is 9.51. The fraction of sp³-hybridized carbons (Fsp3) is 0.429. The van der Waals surface area contributed by atoms with E-state index in [9.17, 15) is 9.59 Å². The quantitative estimate of drug-likeness (QED) is 0.637. The second-order valence-corrected chi connectivity index (χ2v) is 7.46. The van der Waals surface area contributed by atoms with E-state index in [1.165, 1.54) is 7.11 Å². The molecule has 8 nitrogen and oxygen atoms in total. The lowest BCUT2D eigenvalue weighted by Crippen LogP contribution is -2.34. The molecular formula is C21H26N4O4. The monoisotopic (exact) mass is 398 g/mol. The van der Waals surface area contributed by atoms with Crippen LogP contribution in [0.15, 0.2) is 22.7 Å². The number of pyridine rings is 1. The summed E-state index contributed by atoms with van der Waals surface area (Å²) in [4.78, 5) is 29.3. The van der Waals surface area contributed by atoms with Gasteiger partial charge < -0.3 is 14.5 Å². The van der Waals surface area contributed by atoms with Gasteiger partial charge in [0.1, 0.15) is 11.5 Å². The van der Waals surface area contributed by atoms with Crippen LogP contribution in [0.5, 0.6) is 0 Å². The molecule has 0 aliphatic rings. The van der Waals surface area contributed by atoms with E-state index in [4.69, 9.17) is 9.40 Å². The third-order valence-corrected chi connectivity index (χ3v) is 4.70. The second-order valence-electron chi connectivity index (χ2n) is 7.46. The number of esters is 1. The molecule has 0 bridgehead atoms. The van der Waals surface area contributed by atoms with Crippen LogP contribution >= 0.6 is 0 Å². The summed E-state index contributed by atoms with van der Waals surface area (Å²) in [6.07, 6.45) is 1.74. The van der Waals surface area contributed by atoms with Crippen LogP contribution < -0.4 is 5.32 Å². The lowest BCUT2D eigenvalue weighted by molar-refractivity contribution is -0.141. The highest BCUT2D eigenvalue weighted by Crippen LogP contribution is 2.30. The fourth-order valence-electron chi connectivity index (χ4n) is 3.29. The van der Waals surface area contributed by atoms with E-state index in [-0.39, 0.29) is 30.4 Å². The summed E-state index contributed by atoms with van der Waals surface area (Å²) < 4.78 is 12.1. The van der Waals surface area contributed by atoms with E-state index in [1.54, 1.807) is 23.9 Å². The Labute approximate surface area is 169 Å². The number of methoxy groups -OCH3 is 1. The van der Waals surface area contributed by atoms with E-state index in [0.29, 0.717) is 22.3 Å². The van der Waals surface area contributed by atoms with Gasteiger partial charge in [0.05, 0.1) is 36.4 Å². The predicted octanol–water partition coefficient (Wildman–Crippen LogP) is 3.57. The molecule has 0 spiro atoms. The third-order valence-electron chi connectivity index (χ3n) is 4.70. The summed E-state index contributed by atoms with van der Waals surface area (Å²) in [5.74, 6) is 0.830. The molecular weight excluding hydrogens is 372 g/mol. The molecule has 3 aromatic rings. The van der Waals surface area contributed by atoms with Gasteiger partial charge in [0, 0.05) is 17.6 Å². The van der Waals surface area contributed by atoms with Gasteiger partial charge in [0.25, 0.3) is 5.91 Å². The first-order valence-corrected chi connectivity index (χ1v) is 9.54. The predicted molar refractivity (Wildman–Crippen MR) is 109 cm³/mol. The van der Waals surface area contributed by atoms with Gasteiger partial charge in [-0.1, -0.05) is 0 Å². The SMILES string of the molecule is COC(=O)CC(C)NC(=O)c1cc(-c2cc(C)oc2C)nc2c1cnn2C(C)C. The standard InChI is InChI=1S/C21H26N4O4/c1-11(2)25-20-17(10-22-25)16(21(27)23-12(3)7-19(26)28-6)9-18(24-20)15-8-13(4)29-14(15)5/h8-12H,7H2,1-6H3,(H,23,27). The van der Waals surface area contributed by atoms with Crippen molar-refractivity contribution in [2.45, 2.75) is 53.1 Å². The number of carbonyl (C=O) groups is 2. The topological polar surface area (TPSA) is 99.2 Å². The minimum absolute atomic E-state index is 0.0802. The van der Waals surface area contributed by atoms with Crippen LogP contribution in [0.3, 0.4) is 0 Å². The fourth-order valence-corrected chi connectivity index (χ4v) is 3.29. The van der Waals surface area contributed by atoms with Crippen LogP contribution in [0.1, 0.15) is 55.1 Å². The Hall–Kier alpha value is -3.16. The van der Waals surface area contributed by atoms with Gasteiger partial charge in [-0.05, 0) is 46.8 Å². The van der Waals surface area contributed by atoms with Gasteiger partial charge in [-0.25, -0.2) is 9.67 Å². The van der Waals surface area contributed by atoms with Crippen molar-refractivity contribution in [2.75, 3.05) is 7.11 Å². The van der Waals surface area contributed by atoms with Crippen LogP contribution in [0, 0.1) is 13.8 Å². The summed E-state index contributed by atoms with van der Waals surface area (Å²) in [5, 5.41) is 7.94. The maximum Gasteiger partial charge on any atom is 0.307 e. The first-order valence-electron chi connectivity index (χ1n) is 9.54. The molecule has 3 aromatic heterocycles. The molecule has 3 heterocycles. The second kappa shape index (κ2) is 8.06. The highest BCUT2D eigenvalue weighted by molar-refractivity contribution is 6.06. The zero-order valence-corrected chi connectivity index (χ0v) is 17.6. The number of rotatable bonds is 6. The van der Waals surface area contributed by atoms with Crippen molar-refractivity contribution in [3.63, 3.8) is 0 Å². The van der Waals surface area contributed by atoms with Crippen molar-refractivity contribution in [2.24, 2.45) is 0 Å². The van der Waals surface area contributed by atoms with Crippen LogP contribution in [0.2, 0.25) is 0 Å². The molecule has 0 saturated carbocycles. The van der Waals surface area contributed by atoms with Crippen molar-refractivity contribution in [1.29, 1.82) is 0 Å². The maximum absolute atomic E-state index is 13.0. The molecule has 1 unspecified atom stereocenters. The minimum Gasteiger partial charge on any atom is -0.469 e. The van der Waals surface area contributed by atoms with E-state index in [0.717, 1.165) is 17.1 Å². The van der Waals surface area contributed by atoms with Crippen LogP contribution in [-0.2, 0) is 9.53 Å². The third kappa shape index (κ3) is 4.16. The number of furan rings is 1. The molecule has 0 fully saturated rings. The highest BCUT2D eigenvalue weighted by atomic mass is 16.5. The zero-order valence-electron chi connectivity index (χ0n) is 17.6. The lowest BCUT2D eigenvalue weighted by atomic mass is 10.1. The molecule has 154 valence electrons.